The number of hydrogen-bond donors (Lipinski definition) is 1. The van der Waals surface area contributed by atoms with E-state index in [2.05, 4.69) is 5.32 Å². The van der Waals surface area contributed by atoms with Gasteiger partial charge in [-0.15, -0.1) is 0 Å². The summed E-state index contributed by atoms with van der Waals surface area (Å²) >= 11 is 0. The molecule has 21 heavy (non-hydrogen) atoms. The molecule has 0 spiro atoms. The van der Waals surface area contributed by atoms with E-state index in [0.29, 0.717) is 24.7 Å². The molecule has 0 fully saturated rings. The summed E-state index contributed by atoms with van der Waals surface area (Å²) < 4.78 is 15.5. The lowest BCUT2D eigenvalue weighted by molar-refractivity contribution is -0.144. The predicted octanol–water partition coefficient (Wildman–Crippen LogP) is 2.12. The minimum atomic E-state index is -0.273. The summed E-state index contributed by atoms with van der Waals surface area (Å²) in [6, 6.07) is 5.31. The second-order valence-corrected chi connectivity index (χ2v) is 4.32. The van der Waals surface area contributed by atoms with Gasteiger partial charge < -0.3 is 19.5 Å². The van der Waals surface area contributed by atoms with E-state index in [0.717, 1.165) is 5.56 Å². The van der Waals surface area contributed by atoms with Gasteiger partial charge in [0.1, 0.15) is 5.75 Å². The van der Waals surface area contributed by atoms with Gasteiger partial charge in [0.05, 0.1) is 33.4 Å². The fourth-order valence-electron chi connectivity index (χ4n) is 1.72. The van der Waals surface area contributed by atoms with Crippen molar-refractivity contribution in [3.8, 4) is 5.75 Å². The number of hydrogen-bond acceptors (Lipinski definition) is 5. The normalized spacial score (nSPS) is 10.0. The third kappa shape index (κ3) is 6.27. The van der Waals surface area contributed by atoms with Crippen molar-refractivity contribution >= 4 is 17.6 Å². The Balaban J connectivity index is 2.51. The second kappa shape index (κ2) is 8.97. The number of carbonyl (C=O) groups excluding carboxylic acids is 2. The van der Waals surface area contributed by atoms with Crippen LogP contribution in [0.15, 0.2) is 18.2 Å². The Morgan fingerprint density at radius 3 is 2.67 bits per heavy atom. The Morgan fingerprint density at radius 1 is 1.29 bits per heavy atom. The number of methoxy groups -OCH3 is 1. The molecule has 6 nitrogen and oxygen atoms in total. The molecule has 1 rings (SSSR count). The predicted molar refractivity (Wildman–Crippen MR) is 78.2 cm³/mol. The molecule has 0 unspecified atom stereocenters. The molecule has 0 saturated heterocycles. The molecular weight excluding hydrogens is 274 g/mol. The summed E-state index contributed by atoms with van der Waals surface area (Å²) in [7, 11) is 1.55. The maximum atomic E-state index is 11.2. The fourth-order valence-corrected chi connectivity index (χ4v) is 1.72. The minimum Gasteiger partial charge on any atom is -0.496 e. The molecule has 0 radical (unpaired) electrons. The first-order valence-corrected chi connectivity index (χ1v) is 6.74. The van der Waals surface area contributed by atoms with E-state index in [1.807, 2.05) is 6.07 Å². The fraction of sp³-hybridized carbons (Fsp3) is 0.467. The van der Waals surface area contributed by atoms with Crippen molar-refractivity contribution in [3.05, 3.63) is 23.8 Å². The Labute approximate surface area is 124 Å². The summed E-state index contributed by atoms with van der Waals surface area (Å²) in [6.07, 6.45) is 0.222. The Kier molecular flexibility index (Phi) is 7.25. The molecule has 0 heterocycles. The summed E-state index contributed by atoms with van der Waals surface area (Å²) in [4.78, 5) is 22.2. The maximum absolute atomic E-state index is 11.2. The van der Waals surface area contributed by atoms with Crippen LogP contribution in [0.2, 0.25) is 0 Å². The van der Waals surface area contributed by atoms with Gasteiger partial charge in [0.15, 0.2) is 0 Å². The van der Waals surface area contributed by atoms with Crippen molar-refractivity contribution in [1.29, 1.82) is 0 Å². The quantitative estimate of drug-likeness (QED) is 0.587. The molecule has 0 aliphatic heterocycles. The zero-order valence-electron chi connectivity index (χ0n) is 12.6. The van der Waals surface area contributed by atoms with Crippen LogP contribution in [0.1, 0.15) is 25.8 Å². The Bertz CT molecular complexity index is 487. The van der Waals surface area contributed by atoms with E-state index in [4.69, 9.17) is 14.2 Å². The van der Waals surface area contributed by atoms with E-state index in [1.165, 1.54) is 6.92 Å². The molecule has 1 aromatic carbocycles. The van der Waals surface area contributed by atoms with Gasteiger partial charge in [-0.25, -0.2) is 0 Å². The molecule has 6 heteroatoms. The molecular formula is C15H21NO5. The first-order chi connectivity index (χ1) is 10.1. The van der Waals surface area contributed by atoms with Gasteiger partial charge in [0.25, 0.3) is 0 Å². The van der Waals surface area contributed by atoms with Crippen LogP contribution in [0.5, 0.6) is 5.75 Å². The Hall–Kier alpha value is -2.08. The van der Waals surface area contributed by atoms with Crippen LogP contribution in [0.4, 0.5) is 5.69 Å². The maximum Gasteiger partial charge on any atom is 0.308 e. The molecule has 0 saturated carbocycles. The summed E-state index contributed by atoms with van der Waals surface area (Å²) in [5.41, 5.74) is 1.50. The van der Waals surface area contributed by atoms with Crippen LogP contribution in [-0.2, 0) is 25.7 Å². The third-order valence-corrected chi connectivity index (χ3v) is 2.62. The molecule has 1 aromatic rings. The van der Waals surface area contributed by atoms with Crippen molar-refractivity contribution in [2.75, 3.05) is 25.6 Å². The average molecular weight is 295 g/mol. The van der Waals surface area contributed by atoms with Gasteiger partial charge in [-0.1, -0.05) is 6.07 Å². The largest absolute Gasteiger partial charge is 0.496 e. The number of ether oxygens (including phenoxy) is 3. The molecule has 0 aromatic heterocycles. The Morgan fingerprint density at radius 2 is 2.05 bits per heavy atom. The van der Waals surface area contributed by atoms with E-state index in [9.17, 15) is 9.59 Å². The van der Waals surface area contributed by atoms with Crippen LogP contribution in [0, 0.1) is 0 Å². The van der Waals surface area contributed by atoms with Gasteiger partial charge in [0.2, 0.25) is 5.91 Å². The van der Waals surface area contributed by atoms with E-state index in [1.54, 1.807) is 26.2 Å². The number of esters is 1. The number of anilines is 1. The van der Waals surface area contributed by atoms with E-state index < -0.39 is 0 Å². The molecule has 1 amide bonds. The molecule has 0 aliphatic carbocycles. The minimum absolute atomic E-state index is 0.143. The zero-order chi connectivity index (χ0) is 15.7. The standard InChI is InChI=1S/C15H21NO5/c1-4-21-15(18)7-8-20-10-12-5-6-13(16-11(2)17)9-14(12)19-3/h5-6,9H,4,7-8,10H2,1-3H3,(H,16,17). The highest BCUT2D eigenvalue weighted by Gasteiger charge is 2.07. The van der Waals surface area contributed by atoms with Crippen molar-refractivity contribution in [2.24, 2.45) is 0 Å². The van der Waals surface area contributed by atoms with Crippen LogP contribution < -0.4 is 10.1 Å². The zero-order valence-corrected chi connectivity index (χ0v) is 12.6. The average Bonchev–Trinajstić information content (AvgIpc) is 2.44. The van der Waals surface area contributed by atoms with Crippen molar-refractivity contribution in [1.82, 2.24) is 0 Å². The first-order valence-electron chi connectivity index (χ1n) is 6.74. The van der Waals surface area contributed by atoms with Gasteiger partial charge in [0, 0.05) is 24.2 Å². The number of rotatable bonds is 8. The van der Waals surface area contributed by atoms with Gasteiger partial charge in [-0.2, -0.15) is 0 Å². The lowest BCUT2D eigenvalue weighted by atomic mass is 10.2. The SMILES string of the molecule is CCOC(=O)CCOCc1ccc(NC(C)=O)cc1OC. The number of carbonyl (C=O) groups is 2. The molecule has 1 N–H and O–H groups in total. The van der Waals surface area contributed by atoms with Gasteiger partial charge in [-0.3, -0.25) is 9.59 Å². The van der Waals surface area contributed by atoms with Crippen LogP contribution >= 0.6 is 0 Å². The summed E-state index contributed by atoms with van der Waals surface area (Å²) in [5.74, 6) is 0.207. The van der Waals surface area contributed by atoms with E-state index >= 15 is 0 Å². The summed E-state index contributed by atoms with van der Waals surface area (Å²) in [6.45, 7) is 4.19. The first kappa shape index (κ1) is 17.0. The van der Waals surface area contributed by atoms with Crippen molar-refractivity contribution in [3.63, 3.8) is 0 Å². The number of nitrogens with one attached hydrogen (secondary N) is 1. The third-order valence-electron chi connectivity index (χ3n) is 2.62. The second-order valence-electron chi connectivity index (χ2n) is 4.32. The molecule has 0 atom stereocenters. The van der Waals surface area contributed by atoms with E-state index in [-0.39, 0.29) is 24.9 Å². The number of amides is 1. The highest BCUT2D eigenvalue weighted by molar-refractivity contribution is 5.88. The number of benzene rings is 1. The topological polar surface area (TPSA) is 73.9 Å². The molecule has 116 valence electrons. The summed E-state index contributed by atoms with van der Waals surface area (Å²) in [5, 5.41) is 2.68. The van der Waals surface area contributed by atoms with Gasteiger partial charge in [-0.05, 0) is 13.0 Å². The van der Waals surface area contributed by atoms with Crippen molar-refractivity contribution in [2.45, 2.75) is 26.9 Å². The van der Waals surface area contributed by atoms with Gasteiger partial charge >= 0.3 is 5.97 Å². The smallest absolute Gasteiger partial charge is 0.308 e. The highest BCUT2D eigenvalue weighted by Crippen LogP contribution is 2.24. The van der Waals surface area contributed by atoms with Crippen LogP contribution in [0.3, 0.4) is 0 Å². The highest BCUT2D eigenvalue weighted by atomic mass is 16.5. The monoisotopic (exact) mass is 295 g/mol. The molecule has 0 aliphatic rings. The molecule has 0 bridgehead atoms. The van der Waals surface area contributed by atoms with Crippen LogP contribution in [0.25, 0.3) is 0 Å². The lowest BCUT2D eigenvalue weighted by Gasteiger charge is -2.11. The van der Waals surface area contributed by atoms with Crippen LogP contribution in [-0.4, -0.2) is 32.2 Å². The van der Waals surface area contributed by atoms with Crippen molar-refractivity contribution < 1.29 is 23.8 Å². The lowest BCUT2D eigenvalue weighted by Crippen LogP contribution is -2.09.